The highest BCUT2D eigenvalue weighted by molar-refractivity contribution is 7.07. The minimum atomic E-state index is -1.04. The SMILES string of the molecule is CC(=O)C1C2c3ccccc3O[C@]1(C)N=c1sc(=Cc3ccc(C)o3)c(=O)n12. The van der Waals surface area contributed by atoms with Gasteiger partial charge in [-0.15, -0.1) is 0 Å². The van der Waals surface area contributed by atoms with Gasteiger partial charge in [-0.1, -0.05) is 29.5 Å². The molecule has 2 unspecified atom stereocenters. The summed E-state index contributed by atoms with van der Waals surface area (Å²) >= 11 is 1.29. The molecule has 1 aromatic carbocycles. The minimum Gasteiger partial charge on any atom is -0.465 e. The maximum Gasteiger partial charge on any atom is 0.271 e. The van der Waals surface area contributed by atoms with Crippen molar-refractivity contribution in [1.82, 2.24) is 4.57 Å². The molecule has 0 aliphatic carbocycles. The fourth-order valence-electron chi connectivity index (χ4n) is 4.22. The molecule has 2 aromatic heterocycles. The molecule has 0 saturated heterocycles. The average Bonchev–Trinajstić information content (AvgIpc) is 3.16. The van der Waals surface area contributed by atoms with E-state index in [9.17, 15) is 9.59 Å². The molecule has 7 heteroatoms. The maximum atomic E-state index is 13.3. The van der Waals surface area contributed by atoms with Gasteiger partial charge in [0.05, 0.1) is 10.6 Å². The Labute approximate surface area is 164 Å². The van der Waals surface area contributed by atoms with Crippen LogP contribution in [0, 0.1) is 12.8 Å². The van der Waals surface area contributed by atoms with E-state index in [1.54, 1.807) is 10.6 Å². The Morgan fingerprint density at radius 1 is 1.29 bits per heavy atom. The van der Waals surface area contributed by atoms with Crippen LogP contribution in [0.15, 0.2) is 50.6 Å². The molecule has 0 radical (unpaired) electrons. The van der Waals surface area contributed by atoms with Gasteiger partial charge in [0, 0.05) is 11.6 Å². The molecule has 142 valence electrons. The number of thiazole rings is 1. The normalized spacial score (nSPS) is 25.5. The van der Waals surface area contributed by atoms with E-state index in [4.69, 9.17) is 14.1 Å². The zero-order chi connectivity index (χ0) is 19.6. The van der Waals surface area contributed by atoms with Crippen LogP contribution in [0.3, 0.4) is 0 Å². The third kappa shape index (κ3) is 2.36. The lowest BCUT2D eigenvalue weighted by atomic mass is 9.79. The Hall–Kier alpha value is -2.93. The number of nitrogens with zero attached hydrogens (tertiary/aromatic N) is 2. The van der Waals surface area contributed by atoms with Crippen molar-refractivity contribution in [3.63, 3.8) is 0 Å². The molecule has 0 spiro atoms. The highest BCUT2D eigenvalue weighted by Gasteiger charge is 2.53. The highest BCUT2D eigenvalue weighted by atomic mass is 32.1. The quantitative estimate of drug-likeness (QED) is 0.668. The average molecular weight is 394 g/mol. The monoisotopic (exact) mass is 394 g/mol. The number of ketones is 1. The zero-order valence-corrected chi connectivity index (χ0v) is 16.4. The first-order valence-corrected chi connectivity index (χ1v) is 9.87. The van der Waals surface area contributed by atoms with E-state index < -0.39 is 17.7 Å². The predicted octanol–water partition coefficient (Wildman–Crippen LogP) is 2.18. The van der Waals surface area contributed by atoms with Gasteiger partial charge in [0.2, 0.25) is 5.72 Å². The number of hydrogen-bond donors (Lipinski definition) is 0. The number of Topliss-reactive ketones (excluding diaryl/α,β-unsaturated/α-hetero) is 1. The lowest BCUT2D eigenvalue weighted by Crippen LogP contribution is -2.58. The molecule has 3 atom stereocenters. The third-order valence-corrected chi connectivity index (χ3v) is 6.34. The lowest BCUT2D eigenvalue weighted by molar-refractivity contribution is -0.132. The summed E-state index contributed by atoms with van der Waals surface area (Å²) in [7, 11) is 0. The fourth-order valence-corrected chi connectivity index (χ4v) is 5.30. The number of hydrogen-bond acceptors (Lipinski definition) is 6. The van der Waals surface area contributed by atoms with Gasteiger partial charge in [0.1, 0.15) is 29.0 Å². The molecular formula is C21H18N2O4S. The van der Waals surface area contributed by atoms with Crippen molar-refractivity contribution in [1.29, 1.82) is 0 Å². The molecule has 2 aliphatic heterocycles. The summed E-state index contributed by atoms with van der Waals surface area (Å²) in [6.07, 6.45) is 1.72. The van der Waals surface area contributed by atoms with Crippen LogP contribution in [0.5, 0.6) is 5.75 Å². The van der Waals surface area contributed by atoms with Gasteiger partial charge in [0.15, 0.2) is 4.80 Å². The second kappa shape index (κ2) is 5.78. The first-order chi connectivity index (χ1) is 13.4. The summed E-state index contributed by atoms with van der Waals surface area (Å²) in [4.78, 5) is 31.1. The fraction of sp³-hybridized carbons (Fsp3) is 0.286. The zero-order valence-electron chi connectivity index (χ0n) is 15.6. The number of ether oxygens (including phenoxy) is 1. The molecule has 0 amide bonds. The van der Waals surface area contributed by atoms with Gasteiger partial charge < -0.3 is 9.15 Å². The first kappa shape index (κ1) is 17.2. The van der Waals surface area contributed by atoms with E-state index >= 15 is 0 Å². The highest BCUT2D eigenvalue weighted by Crippen LogP contribution is 2.47. The van der Waals surface area contributed by atoms with Crippen LogP contribution in [-0.4, -0.2) is 16.1 Å². The van der Waals surface area contributed by atoms with E-state index in [0.717, 1.165) is 11.3 Å². The summed E-state index contributed by atoms with van der Waals surface area (Å²) in [6.45, 7) is 5.20. The topological polar surface area (TPSA) is 73.8 Å². The van der Waals surface area contributed by atoms with Crippen LogP contribution in [0.4, 0.5) is 0 Å². The smallest absolute Gasteiger partial charge is 0.271 e. The number of carbonyl (C=O) groups is 1. The molecule has 3 aromatic rings. The largest absolute Gasteiger partial charge is 0.465 e. The van der Waals surface area contributed by atoms with Crippen LogP contribution < -0.4 is 19.6 Å². The van der Waals surface area contributed by atoms with Crippen LogP contribution in [0.2, 0.25) is 0 Å². The Bertz CT molecular complexity index is 1300. The number of carbonyl (C=O) groups excluding carboxylic acids is 1. The van der Waals surface area contributed by atoms with Gasteiger partial charge in [-0.2, -0.15) is 0 Å². The second-order valence-corrected chi connectivity index (χ2v) is 8.37. The molecular weight excluding hydrogens is 376 g/mol. The van der Waals surface area contributed by atoms with Crippen molar-refractivity contribution in [2.45, 2.75) is 32.5 Å². The number of para-hydroxylation sites is 1. The van der Waals surface area contributed by atoms with Gasteiger partial charge >= 0.3 is 0 Å². The van der Waals surface area contributed by atoms with E-state index in [1.165, 1.54) is 18.3 Å². The molecule has 0 N–H and O–H groups in total. The van der Waals surface area contributed by atoms with Gasteiger partial charge in [-0.05, 0) is 39.0 Å². The van der Waals surface area contributed by atoms with Gasteiger partial charge in [0.25, 0.3) is 5.56 Å². The van der Waals surface area contributed by atoms with Crippen LogP contribution in [0.25, 0.3) is 6.08 Å². The molecule has 6 nitrogen and oxygen atoms in total. The molecule has 2 aliphatic rings. The van der Waals surface area contributed by atoms with Crippen LogP contribution in [0.1, 0.15) is 37.0 Å². The van der Waals surface area contributed by atoms with Crippen molar-refractivity contribution < 1.29 is 13.9 Å². The predicted molar refractivity (Wildman–Crippen MR) is 104 cm³/mol. The van der Waals surface area contributed by atoms with E-state index in [2.05, 4.69) is 0 Å². The molecule has 0 saturated carbocycles. The summed E-state index contributed by atoms with van der Waals surface area (Å²) in [5.41, 5.74) is -0.384. The van der Waals surface area contributed by atoms with E-state index in [-0.39, 0.29) is 11.3 Å². The van der Waals surface area contributed by atoms with Crippen LogP contribution in [-0.2, 0) is 4.79 Å². The Kier molecular flexibility index (Phi) is 3.55. The number of benzene rings is 1. The Balaban J connectivity index is 1.82. The summed E-state index contributed by atoms with van der Waals surface area (Å²) < 4.78 is 13.9. The van der Waals surface area contributed by atoms with Gasteiger partial charge in [-0.25, -0.2) is 4.99 Å². The second-order valence-electron chi connectivity index (χ2n) is 7.36. The van der Waals surface area contributed by atoms with E-state index in [0.29, 0.717) is 20.8 Å². The summed E-state index contributed by atoms with van der Waals surface area (Å²) in [6, 6.07) is 10.8. The van der Waals surface area contributed by atoms with Crippen LogP contribution >= 0.6 is 11.3 Å². The Morgan fingerprint density at radius 2 is 2.07 bits per heavy atom. The number of aryl methyl sites for hydroxylation is 1. The van der Waals surface area contributed by atoms with Crippen molar-refractivity contribution in [3.8, 4) is 5.75 Å². The molecule has 5 rings (SSSR count). The maximum absolute atomic E-state index is 13.3. The standard InChI is InChI=1S/C21H18N2O4S/c1-11-8-9-13(26-11)10-16-19(25)23-18-14-6-4-5-7-15(14)27-21(3,17(18)12(2)24)22-20(23)28-16/h4-10,17-18H,1-3H3/t17?,18?,21-/m0/s1. The number of fused-ring (bicyclic) bond motifs is 6. The van der Waals surface area contributed by atoms with Crippen molar-refractivity contribution in [3.05, 3.63) is 73.2 Å². The molecule has 2 bridgehead atoms. The summed E-state index contributed by atoms with van der Waals surface area (Å²) in [5, 5.41) is 0. The van der Waals surface area contributed by atoms with E-state index in [1.807, 2.05) is 50.2 Å². The van der Waals surface area contributed by atoms with Crippen molar-refractivity contribution >= 4 is 23.2 Å². The third-order valence-electron chi connectivity index (χ3n) is 5.35. The molecule has 28 heavy (non-hydrogen) atoms. The number of aromatic nitrogens is 1. The number of rotatable bonds is 2. The number of furan rings is 1. The minimum absolute atomic E-state index is 0.0540. The Morgan fingerprint density at radius 3 is 2.79 bits per heavy atom. The molecule has 4 heterocycles. The van der Waals surface area contributed by atoms with Gasteiger partial charge in [-0.3, -0.25) is 14.2 Å². The van der Waals surface area contributed by atoms with Crippen molar-refractivity contribution in [2.24, 2.45) is 10.9 Å². The molecule has 0 fully saturated rings. The lowest BCUT2D eigenvalue weighted by Gasteiger charge is -2.45. The van der Waals surface area contributed by atoms with Crippen molar-refractivity contribution in [2.75, 3.05) is 0 Å². The summed E-state index contributed by atoms with van der Waals surface area (Å²) in [5.74, 6) is 1.43. The first-order valence-electron chi connectivity index (χ1n) is 9.05.